The molecule has 1 saturated carbocycles. The van der Waals surface area contributed by atoms with Crippen LogP contribution in [0.1, 0.15) is 52.9 Å². The number of ether oxygens (including phenoxy) is 1. The molecule has 1 heteroatoms. The maximum atomic E-state index is 5.68. The topological polar surface area (TPSA) is 9.23 Å². The van der Waals surface area contributed by atoms with E-state index >= 15 is 0 Å². The molecule has 0 radical (unpaired) electrons. The van der Waals surface area contributed by atoms with Gasteiger partial charge in [0.05, 0.1) is 12.7 Å². The summed E-state index contributed by atoms with van der Waals surface area (Å²) >= 11 is 0. The quantitative estimate of drug-likeness (QED) is 0.631. The molecule has 1 nitrogen and oxygen atoms in total. The fourth-order valence-electron chi connectivity index (χ4n) is 1.92. The minimum atomic E-state index is 0.392. The van der Waals surface area contributed by atoms with Gasteiger partial charge < -0.3 is 4.74 Å². The molecule has 1 aliphatic carbocycles. The Morgan fingerprint density at radius 3 is 2.25 bits per heavy atom. The summed E-state index contributed by atoms with van der Waals surface area (Å²) in [4.78, 5) is 0. The lowest BCUT2D eigenvalue weighted by Gasteiger charge is -2.33. The molecule has 72 valence electrons. The third-order valence-electron chi connectivity index (χ3n) is 2.83. The van der Waals surface area contributed by atoms with Gasteiger partial charge in [0, 0.05) is 0 Å². The van der Waals surface area contributed by atoms with Crippen molar-refractivity contribution >= 4 is 0 Å². The Morgan fingerprint density at radius 2 is 1.75 bits per heavy atom. The first-order chi connectivity index (χ1) is 5.62. The van der Waals surface area contributed by atoms with E-state index in [1.165, 1.54) is 32.1 Å². The summed E-state index contributed by atoms with van der Waals surface area (Å²) in [6.45, 7) is 7.57. The van der Waals surface area contributed by atoms with Gasteiger partial charge in [0.2, 0.25) is 0 Å². The van der Waals surface area contributed by atoms with E-state index in [9.17, 15) is 0 Å². The third kappa shape index (κ3) is 3.14. The van der Waals surface area contributed by atoms with Gasteiger partial charge in [0.1, 0.15) is 0 Å². The Morgan fingerprint density at radius 1 is 1.17 bits per heavy atom. The van der Waals surface area contributed by atoms with E-state index in [2.05, 4.69) is 20.8 Å². The van der Waals surface area contributed by atoms with Crippen LogP contribution in [0.5, 0.6) is 0 Å². The minimum Gasteiger partial charge on any atom is -0.378 e. The van der Waals surface area contributed by atoms with Crippen LogP contribution in [0.15, 0.2) is 0 Å². The van der Waals surface area contributed by atoms with Crippen molar-refractivity contribution in [2.75, 3.05) is 6.61 Å². The van der Waals surface area contributed by atoms with Crippen molar-refractivity contribution in [2.24, 2.45) is 5.41 Å². The zero-order valence-electron chi connectivity index (χ0n) is 8.73. The smallest absolute Gasteiger partial charge is 0.0523 e. The lowest BCUT2D eigenvalue weighted by atomic mass is 9.76. The average molecular weight is 170 g/mol. The largest absolute Gasteiger partial charge is 0.378 e. The number of hydrogen-bond acceptors (Lipinski definition) is 1. The molecular weight excluding hydrogens is 148 g/mol. The molecule has 0 amide bonds. The first-order valence-corrected chi connectivity index (χ1v) is 5.24. The number of rotatable bonds is 3. The van der Waals surface area contributed by atoms with Gasteiger partial charge in [-0.3, -0.25) is 0 Å². The standard InChI is InChI=1S/C11H22O/c1-10(2)12-9-11(3)7-5-4-6-8-11/h10H,4-9H2,1-3H3. The van der Waals surface area contributed by atoms with Gasteiger partial charge in [0.25, 0.3) is 0 Å². The molecule has 1 rings (SSSR count). The SMILES string of the molecule is CC(C)OCC1(C)CCCCC1. The van der Waals surface area contributed by atoms with E-state index in [-0.39, 0.29) is 0 Å². The second-order valence-electron chi connectivity index (χ2n) is 4.73. The Balaban J connectivity index is 2.26. The highest BCUT2D eigenvalue weighted by molar-refractivity contribution is 4.78. The van der Waals surface area contributed by atoms with E-state index in [4.69, 9.17) is 4.74 Å². The highest BCUT2D eigenvalue weighted by Gasteiger charge is 2.26. The van der Waals surface area contributed by atoms with Crippen LogP contribution in [-0.4, -0.2) is 12.7 Å². The highest BCUT2D eigenvalue weighted by atomic mass is 16.5. The predicted octanol–water partition coefficient (Wildman–Crippen LogP) is 3.38. The molecule has 0 spiro atoms. The van der Waals surface area contributed by atoms with Gasteiger partial charge >= 0.3 is 0 Å². The van der Waals surface area contributed by atoms with E-state index in [1.54, 1.807) is 0 Å². The second kappa shape index (κ2) is 4.27. The molecule has 0 saturated heterocycles. The minimum absolute atomic E-state index is 0.392. The molecule has 0 aliphatic heterocycles. The first kappa shape index (κ1) is 10.0. The fourth-order valence-corrected chi connectivity index (χ4v) is 1.92. The van der Waals surface area contributed by atoms with Crippen molar-refractivity contribution in [3.8, 4) is 0 Å². The zero-order valence-corrected chi connectivity index (χ0v) is 8.73. The van der Waals surface area contributed by atoms with Crippen LogP contribution >= 0.6 is 0 Å². The Labute approximate surface area is 76.5 Å². The predicted molar refractivity (Wildman–Crippen MR) is 52.3 cm³/mol. The lowest BCUT2D eigenvalue weighted by molar-refractivity contribution is -0.00180. The Hall–Kier alpha value is -0.0400. The molecular formula is C11H22O. The molecule has 0 heterocycles. The molecule has 0 aromatic heterocycles. The molecule has 1 aliphatic rings. The van der Waals surface area contributed by atoms with Crippen LogP contribution in [0.25, 0.3) is 0 Å². The van der Waals surface area contributed by atoms with Gasteiger partial charge in [-0.1, -0.05) is 26.2 Å². The van der Waals surface area contributed by atoms with Crippen LogP contribution in [0, 0.1) is 5.41 Å². The van der Waals surface area contributed by atoms with Crippen molar-refractivity contribution in [1.82, 2.24) is 0 Å². The Bertz CT molecular complexity index is 123. The zero-order chi connectivity index (χ0) is 9.03. The molecule has 0 bridgehead atoms. The Kier molecular flexibility index (Phi) is 3.57. The monoisotopic (exact) mass is 170 g/mol. The molecule has 0 unspecified atom stereocenters. The summed E-state index contributed by atoms with van der Waals surface area (Å²) < 4.78 is 5.68. The van der Waals surface area contributed by atoms with E-state index in [0.717, 1.165) is 6.61 Å². The summed E-state index contributed by atoms with van der Waals surface area (Å²) in [5.74, 6) is 0. The highest BCUT2D eigenvalue weighted by Crippen LogP contribution is 2.35. The molecule has 0 aromatic rings. The van der Waals surface area contributed by atoms with Crippen LogP contribution in [-0.2, 0) is 4.74 Å². The second-order valence-corrected chi connectivity index (χ2v) is 4.73. The van der Waals surface area contributed by atoms with Crippen LogP contribution in [0.4, 0.5) is 0 Å². The van der Waals surface area contributed by atoms with E-state index in [0.29, 0.717) is 11.5 Å². The molecule has 1 fully saturated rings. The molecule has 0 atom stereocenters. The van der Waals surface area contributed by atoms with Crippen molar-refractivity contribution in [1.29, 1.82) is 0 Å². The van der Waals surface area contributed by atoms with E-state index in [1.807, 2.05) is 0 Å². The summed E-state index contributed by atoms with van der Waals surface area (Å²) in [6.07, 6.45) is 7.34. The molecule has 12 heavy (non-hydrogen) atoms. The fraction of sp³-hybridized carbons (Fsp3) is 1.00. The van der Waals surface area contributed by atoms with Crippen molar-refractivity contribution < 1.29 is 4.74 Å². The summed E-state index contributed by atoms with van der Waals surface area (Å²) in [6, 6.07) is 0. The first-order valence-electron chi connectivity index (χ1n) is 5.24. The summed E-state index contributed by atoms with van der Waals surface area (Å²) in [5.41, 5.74) is 0.489. The summed E-state index contributed by atoms with van der Waals surface area (Å²) in [5, 5.41) is 0. The third-order valence-corrected chi connectivity index (χ3v) is 2.83. The summed E-state index contributed by atoms with van der Waals surface area (Å²) in [7, 11) is 0. The van der Waals surface area contributed by atoms with E-state index < -0.39 is 0 Å². The van der Waals surface area contributed by atoms with Gasteiger partial charge in [0.15, 0.2) is 0 Å². The maximum Gasteiger partial charge on any atom is 0.0523 e. The van der Waals surface area contributed by atoms with Gasteiger partial charge in [-0.2, -0.15) is 0 Å². The number of hydrogen-bond donors (Lipinski definition) is 0. The lowest BCUT2D eigenvalue weighted by Crippen LogP contribution is -2.27. The van der Waals surface area contributed by atoms with Crippen molar-refractivity contribution in [3.63, 3.8) is 0 Å². The van der Waals surface area contributed by atoms with Gasteiger partial charge in [-0.05, 0) is 32.1 Å². The normalized spacial score (nSPS) is 23.0. The van der Waals surface area contributed by atoms with Gasteiger partial charge in [-0.25, -0.2) is 0 Å². The maximum absolute atomic E-state index is 5.68. The van der Waals surface area contributed by atoms with Crippen molar-refractivity contribution in [2.45, 2.75) is 59.0 Å². The van der Waals surface area contributed by atoms with Crippen LogP contribution < -0.4 is 0 Å². The average Bonchev–Trinajstić information content (AvgIpc) is 2.03. The van der Waals surface area contributed by atoms with Crippen molar-refractivity contribution in [3.05, 3.63) is 0 Å². The molecule has 0 N–H and O–H groups in total. The van der Waals surface area contributed by atoms with Crippen LogP contribution in [0.2, 0.25) is 0 Å². The van der Waals surface area contributed by atoms with Gasteiger partial charge in [-0.15, -0.1) is 0 Å². The molecule has 0 aromatic carbocycles. The van der Waals surface area contributed by atoms with Crippen LogP contribution in [0.3, 0.4) is 0 Å².